The van der Waals surface area contributed by atoms with E-state index in [9.17, 15) is 23.2 Å². The van der Waals surface area contributed by atoms with E-state index < -0.39 is 18.8 Å². The molecule has 0 radical (unpaired) electrons. The van der Waals surface area contributed by atoms with Gasteiger partial charge in [-0.3, -0.25) is 19.7 Å². The van der Waals surface area contributed by atoms with Crippen LogP contribution in [0.2, 0.25) is 0 Å². The molecule has 2 atom stereocenters. The molecule has 2 aromatic rings. The van der Waals surface area contributed by atoms with Crippen molar-refractivity contribution in [2.45, 2.75) is 31.3 Å². The van der Waals surface area contributed by atoms with Crippen LogP contribution in [-0.4, -0.2) is 77.9 Å². The Morgan fingerprint density at radius 2 is 1.94 bits per heavy atom. The van der Waals surface area contributed by atoms with E-state index in [-0.39, 0.29) is 37.7 Å². The third kappa shape index (κ3) is 4.70. The number of ether oxygens (including phenoxy) is 1. The summed E-state index contributed by atoms with van der Waals surface area (Å²) in [5, 5.41) is 12.1. The number of alkyl halides is 3. The number of anilines is 1. The minimum Gasteiger partial charge on any atom is -0.364 e. The standard InChI is InChI=1S/C20H21F3N6O2/c1-12-7-29(15-3-2-13(6-24)17-18(15)26-5-4-25-17)10-16(31-12)19(30)27-14-8-28(9-14)11-20(21,22)23/h2-5,12,14,16H,7-11H2,1H3,(H,27,30)/t12?,16-/m1/s1. The van der Waals surface area contributed by atoms with E-state index in [1.165, 1.54) is 11.1 Å². The van der Waals surface area contributed by atoms with Gasteiger partial charge in [0.1, 0.15) is 17.1 Å². The van der Waals surface area contributed by atoms with E-state index in [2.05, 4.69) is 21.4 Å². The fraction of sp³-hybridized carbons (Fsp3) is 0.500. The van der Waals surface area contributed by atoms with E-state index >= 15 is 0 Å². The van der Waals surface area contributed by atoms with Crippen molar-refractivity contribution in [3.05, 3.63) is 30.1 Å². The van der Waals surface area contributed by atoms with Crippen LogP contribution >= 0.6 is 0 Å². The smallest absolute Gasteiger partial charge is 0.364 e. The van der Waals surface area contributed by atoms with Crippen LogP contribution in [0.3, 0.4) is 0 Å². The number of aromatic nitrogens is 2. The minimum atomic E-state index is -4.25. The van der Waals surface area contributed by atoms with E-state index in [1.54, 1.807) is 18.3 Å². The largest absolute Gasteiger partial charge is 0.401 e. The highest BCUT2D eigenvalue weighted by molar-refractivity contribution is 5.92. The average molecular weight is 434 g/mol. The van der Waals surface area contributed by atoms with E-state index in [1.807, 2.05) is 11.8 Å². The topological polar surface area (TPSA) is 94.4 Å². The maximum absolute atomic E-state index is 12.7. The molecule has 11 heteroatoms. The lowest BCUT2D eigenvalue weighted by Crippen LogP contribution is -2.63. The monoisotopic (exact) mass is 434 g/mol. The summed E-state index contributed by atoms with van der Waals surface area (Å²) in [7, 11) is 0. The maximum atomic E-state index is 12.7. The second kappa shape index (κ2) is 8.28. The van der Waals surface area contributed by atoms with Gasteiger partial charge in [0.05, 0.1) is 36.5 Å². The molecule has 31 heavy (non-hydrogen) atoms. The number of hydrogen-bond acceptors (Lipinski definition) is 7. The summed E-state index contributed by atoms with van der Waals surface area (Å²) in [5.41, 5.74) is 2.21. The molecule has 1 aromatic heterocycles. The number of amides is 1. The van der Waals surface area contributed by atoms with Gasteiger partial charge >= 0.3 is 6.18 Å². The molecular weight excluding hydrogens is 413 g/mol. The third-order valence-corrected chi connectivity index (χ3v) is 5.32. The average Bonchev–Trinajstić information content (AvgIpc) is 2.69. The van der Waals surface area contributed by atoms with Gasteiger partial charge in [-0.2, -0.15) is 18.4 Å². The van der Waals surface area contributed by atoms with Gasteiger partial charge in [-0.25, -0.2) is 0 Å². The van der Waals surface area contributed by atoms with Crippen LogP contribution in [0.1, 0.15) is 12.5 Å². The normalized spacial score (nSPS) is 22.7. The van der Waals surface area contributed by atoms with Crippen molar-refractivity contribution in [1.82, 2.24) is 20.2 Å². The zero-order valence-electron chi connectivity index (χ0n) is 16.8. The van der Waals surface area contributed by atoms with Gasteiger partial charge in [0.15, 0.2) is 6.10 Å². The number of halogens is 3. The molecule has 0 bridgehead atoms. The maximum Gasteiger partial charge on any atom is 0.401 e. The van der Waals surface area contributed by atoms with Crippen molar-refractivity contribution < 1.29 is 22.7 Å². The lowest BCUT2D eigenvalue weighted by Gasteiger charge is -2.42. The van der Waals surface area contributed by atoms with Gasteiger partial charge in [0.25, 0.3) is 5.91 Å². The zero-order chi connectivity index (χ0) is 22.2. The Hall–Kier alpha value is -2.97. The molecule has 0 spiro atoms. The van der Waals surface area contributed by atoms with E-state index in [0.717, 1.165) is 5.69 Å². The molecule has 1 amide bonds. The molecule has 164 valence electrons. The van der Waals surface area contributed by atoms with Crippen molar-refractivity contribution in [2.24, 2.45) is 0 Å². The third-order valence-electron chi connectivity index (χ3n) is 5.32. The summed E-state index contributed by atoms with van der Waals surface area (Å²) in [6.07, 6.45) is -2.21. The number of nitrogens with zero attached hydrogens (tertiary/aromatic N) is 5. The van der Waals surface area contributed by atoms with Gasteiger partial charge in [-0.15, -0.1) is 0 Å². The van der Waals surface area contributed by atoms with E-state index in [4.69, 9.17) is 4.74 Å². The second-order valence-electron chi connectivity index (χ2n) is 7.85. The summed E-state index contributed by atoms with van der Waals surface area (Å²) in [6.45, 7) is 1.96. The number of nitriles is 1. The van der Waals surface area contributed by atoms with Crippen molar-refractivity contribution in [2.75, 3.05) is 37.6 Å². The van der Waals surface area contributed by atoms with Crippen molar-refractivity contribution in [3.8, 4) is 6.07 Å². The number of fused-ring (bicyclic) bond motifs is 1. The van der Waals surface area contributed by atoms with Crippen LogP contribution in [0.15, 0.2) is 24.5 Å². The highest BCUT2D eigenvalue weighted by Gasteiger charge is 2.39. The first-order valence-corrected chi connectivity index (χ1v) is 9.87. The van der Waals surface area contributed by atoms with Gasteiger partial charge in [0.2, 0.25) is 0 Å². The molecule has 1 N–H and O–H groups in total. The predicted octanol–water partition coefficient (Wildman–Crippen LogP) is 1.46. The number of hydrogen-bond donors (Lipinski definition) is 1. The number of morpholine rings is 1. The van der Waals surface area contributed by atoms with Crippen LogP contribution in [0.4, 0.5) is 18.9 Å². The molecule has 2 saturated heterocycles. The number of benzene rings is 1. The van der Waals surface area contributed by atoms with Crippen molar-refractivity contribution in [3.63, 3.8) is 0 Å². The molecule has 0 aliphatic carbocycles. The van der Waals surface area contributed by atoms with Gasteiger partial charge in [-0.1, -0.05) is 0 Å². The number of carbonyl (C=O) groups excluding carboxylic acids is 1. The minimum absolute atomic E-state index is 0.160. The number of rotatable bonds is 4. The lowest BCUT2D eigenvalue weighted by molar-refractivity contribution is -0.157. The highest BCUT2D eigenvalue weighted by Crippen LogP contribution is 2.29. The Kier molecular flexibility index (Phi) is 5.68. The zero-order valence-corrected chi connectivity index (χ0v) is 16.8. The molecule has 1 aromatic carbocycles. The Bertz CT molecular complexity index is 1020. The van der Waals surface area contributed by atoms with Crippen molar-refractivity contribution in [1.29, 1.82) is 5.26 Å². The molecule has 4 rings (SSSR count). The van der Waals surface area contributed by atoms with Gasteiger partial charge in [-0.05, 0) is 19.1 Å². The fourth-order valence-electron chi connectivity index (χ4n) is 4.02. The number of carbonyl (C=O) groups is 1. The molecule has 2 aliphatic heterocycles. The van der Waals surface area contributed by atoms with E-state index in [0.29, 0.717) is 23.1 Å². The lowest BCUT2D eigenvalue weighted by atomic mass is 10.1. The van der Waals surface area contributed by atoms with Crippen LogP contribution in [0, 0.1) is 11.3 Å². The summed E-state index contributed by atoms with van der Waals surface area (Å²) in [5.74, 6) is -0.350. The first kappa shape index (κ1) is 21.3. The molecule has 2 fully saturated rings. The first-order valence-electron chi connectivity index (χ1n) is 9.87. The van der Waals surface area contributed by atoms with Crippen LogP contribution in [0.25, 0.3) is 11.0 Å². The highest BCUT2D eigenvalue weighted by atomic mass is 19.4. The molecule has 1 unspecified atom stereocenters. The molecular formula is C20H21F3N6O2. The van der Waals surface area contributed by atoms with Gasteiger partial charge < -0.3 is 15.0 Å². The quantitative estimate of drug-likeness (QED) is 0.779. The van der Waals surface area contributed by atoms with Crippen LogP contribution in [0.5, 0.6) is 0 Å². The summed E-state index contributed by atoms with van der Waals surface area (Å²) in [4.78, 5) is 24.5. The van der Waals surface area contributed by atoms with Crippen molar-refractivity contribution >= 4 is 22.6 Å². The van der Waals surface area contributed by atoms with Crippen LogP contribution < -0.4 is 10.2 Å². The Balaban J connectivity index is 1.44. The Morgan fingerprint density at radius 1 is 1.23 bits per heavy atom. The SMILES string of the molecule is CC1CN(c2ccc(C#N)c3nccnc23)C[C@H](C(=O)NC2CN(CC(F)(F)F)C2)O1. The number of likely N-dealkylation sites (tertiary alicyclic amines) is 1. The van der Waals surface area contributed by atoms with Gasteiger partial charge in [0, 0.05) is 32.0 Å². The molecule has 2 aliphatic rings. The Labute approximate surface area is 176 Å². The Morgan fingerprint density at radius 3 is 2.61 bits per heavy atom. The summed E-state index contributed by atoms with van der Waals surface area (Å²) >= 11 is 0. The first-order chi connectivity index (χ1) is 14.7. The fourth-order valence-corrected chi connectivity index (χ4v) is 4.02. The molecule has 0 saturated carbocycles. The second-order valence-corrected chi connectivity index (χ2v) is 7.85. The van der Waals surface area contributed by atoms with Crippen LogP contribution in [-0.2, 0) is 9.53 Å². The summed E-state index contributed by atoms with van der Waals surface area (Å²) in [6, 6.07) is 5.23. The molecule has 8 nitrogen and oxygen atoms in total. The summed E-state index contributed by atoms with van der Waals surface area (Å²) < 4.78 is 43.1. The molecule has 3 heterocycles. The number of nitrogens with one attached hydrogen (secondary N) is 1. The predicted molar refractivity (Wildman–Crippen MR) is 105 cm³/mol.